The molecule has 1 aliphatic rings. The van der Waals surface area contributed by atoms with Gasteiger partial charge in [0.15, 0.2) is 11.6 Å². The molecule has 3 aromatic rings. The van der Waals surface area contributed by atoms with E-state index in [0.717, 1.165) is 30.6 Å². The Morgan fingerprint density at radius 3 is 2.65 bits per heavy atom. The van der Waals surface area contributed by atoms with E-state index in [1.807, 2.05) is 31.3 Å². The molecule has 2 unspecified atom stereocenters. The second kappa shape index (κ2) is 9.26. The Hall–Kier alpha value is -2.61. The highest BCUT2D eigenvalue weighted by atomic mass is 19.2. The van der Waals surface area contributed by atoms with Crippen LogP contribution in [0.25, 0.3) is 0 Å². The predicted molar refractivity (Wildman–Crippen MR) is 115 cm³/mol. The van der Waals surface area contributed by atoms with Crippen molar-refractivity contribution < 1.29 is 13.9 Å². The summed E-state index contributed by atoms with van der Waals surface area (Å²) in [5.41, 5.74) is 9.20. The normalized spacial score (nSPS) is 18.5. The van der Waals surface area contributed by atoms with E-state index >= 15 is 0 Å². The standard InChI is InChI=1S/C24H28F2N4O/c1-16-13-28-23-15-30(20(14-29(16)23)10-17-5-3-2-4-6-17)24(31)12-19(27)9-18-7-8-21(25)22(26)11-18/h2-8,11,13,19-20,24,31H,9-10,12,14-15,27H2,1H3/t19-,20?,24?/m1/s1. The second-order valence-corrected chi connectivity index (χ2v) is 8.37. The molecular formula is C24H28F2N4O. The van der Waals surface area contributed by atoms with E-state index in [1.54, 1.807) is 0 Å². The van der Waals surface area contributed by atoms with Crippen LogP contribution >= 0.6 is 0 Å². The maximum atomic E-state index is 13.5. The molecule has 0 spiro atoms. The van der Waals surface area contributed by atoms with Gasteiger partial charge in [0, 0.05) is 36.9 Å². The maximum absolute atomic E-state index is 13.5. The number of aromatic nitrogens is 2. The summed E-state index contributed by atoms with van der Waals surface area (Å²) in [6.45, 7) is 3.32. The lowest BCUT2D eigenvalue weighted by Gasteiger charge is -2.40. The lowest BCUT2D eigenvalue weighted by molar-refractivity contribution is -0.0553. The highest BCUT2D eigenvalue weighted by Gasteiger charge is 2.32. The molecule has 0 fully saturated rings. The van der Waals surface area contributed by atoms with E-state index in [0.29, 0.717) is 24.9 Å². The van der Waals surface area contributed by atoms with Crippen LogP contribution in [0.1, 0.15) is 29.1 Å². The van der Waals surface area contributed by atoms with E-state index in [9.17, 15) is 13.9 Å². The minimum absolute atomic E-state index is 0.0910. The van der Waals surface area contributed by atoms with Gasteiger partial charge in [-0.1, -0.05) is 36.4 Å². The smallest absolute Gasteiger partial charge is 0.159 e. The van der Waals surface area contributed by atoms with Crippen LogP contribution in [0.2, 0.25) is 0 Å². The van der Waals surface area contributed by atoms with Crippen LogP contribution in [0, 0.1) is 18.6 Å². The van der Waals surface area contributed by atoms with Gasteiger partial charge >= 0.3 is 0 Å². The van der Waals surface area contributed by atoms with E-state index in [4.69, 9.17) is 5.73 Å². The van der Waals surface area contributed by atoms with Crippen molar-refractivity contribution in [3.8, 4) is 0 Å². The van der Waals surface area contributed by atoms with Gasteiger partial charge in [-0.05, 0) is 43.0 Å². The first-order valence-electron chi connectivity index (χ1n) is 10.6. The molecule has 0 amide bonds. The van der Waals surface area contributed by atoms with Gasteiger partial charge in [-0.15, -0.1) is 0 Å². The molecule has 1 aromatic heterocycles. The molecule has 0 bridgehead atoms. The van der Waals surface area contributed by atoms with Gasteiger partial charge in [-0.25, -0.2) is 13.8 Å². The van der Waals surface area contributed by atoms with Gasteiger partial charge < -0.3 is 15.4 Å². The number of nitrogens with zero attached hydrogens (tertiary/aromatic N) is 3. The number of hydrogen-bond donors (Lipinski definition) is 2. The molecular weight excluding hydrogens is 398 g/mol. The number of hydrogen-bond acceptors (Lipinski definition) is 4. The lowest BCUT2D eigenvalue weighted by atomic mass is 9.99. The number of fused-ring (bicyclic) bond motifs is 1. The van der Waals surface area contributed by atoms with Crippen LogP contribution in [-0.4, -0.2) is 37.9 Å². The third kappa shape index (κ3) is 5.01. The summed E-state index contributed by atoms with van der Waals surface area (Å²) in [6.07, 6.45) is 2.58. The van der Waals surface area contributed by atoms with Crippen LogP contribution in [0.3, 0.4) is 0 Å². The summed E-state index contributed by atoms with van der Waals surface area (Å²) in [5.74, 6) is -0.832. The van der Waals surface area contributed by atoms with Gasteiger partial charge in [-0.2, -0.15) is 0 Å². The van der Waals surface area contributed by atoms with Crippen molar-refractivity contribution in [3.63, 3.8) is 0 Å². The van der Waals surface area contributed by atoms with Gasteiger partial charge in [0.1, 0.15) is 12.1 Å². The van der Waals surface area contributed by atoms with Crippen molar-refractivity contribution in [1.82, 2.24) is 14.5 Å². The minimum Gasteiger partial charge on any atom is -0.378 e. The first-order valence-corrected chi connectivity index (χ1v) is 10.6. The number of aliphatic hydroxyl groups is 1. The summed E-state index contributed by atoms with van der Waals surface area (Å²) in [5, 5.41) is 11.1. The zero-order valence-corrected chi connectivity index (χ0v) is 17.6. The fraction of sp³-hybridized carbons (Fsp3) is 0.375. The van der Waals surface area contributed by atoms with Crippen molar-refractivity contribution in [2.45, 2.75) is 57.6 Å². The lowest BCUT2D eigenvalue weighted by Crippen LogP contribution is -2.51. The average Bonchev–Trinajstić information content (AvgIpc) is 3.11. The number of imidazole rings is 1. The molecule has 7 heteroatoms. The zero-order chi connectivity index (χ0) is 22.0. The first kappa shape index (κ1) is 21.6. The summed E-state index contributed by atoms with van der Waals surface area (Å²) >= 11 is 0. The Bertz CT molecular complexity index is 1020. The molecule has 0 saturated carbocycles. The number of nitrogens with two attached hydrogens (primary N) is 1. The Morgan fingerprint density at radius 1 is 1.13 bits per heavy atom. The highest BCUT2D eigenvalue weighted by Crippen LogP contribution is 2.25. The van der Waals surface area contributed by atoms with E-state index < -0.39 is 17.9 Å². The second-order valence-electron chi connectivity index (χ2n) is 8.37. The molecule has 2 aromatic carbocycles. The van der Waals surface area contributed by atoms with Crippen molar-refractivity contribution in [3.05, 3.63) is 89.0 Å². The van der Waals surface area contributed by atoms with Crippen molar-refractivity contribution in [2.24, 2.45) is 5.73 Å². The van der Waals surface area contributed by atoms with Crippen molar-refractivity contribution in [1.29, 1.82) is 0 Å². The summed E-state index contributed by atoms with van der Waals surface area (Å²) < 4.78 is 28.9. The van der Waals surface area contributed by atoms with Crippen molar-refractivity contribution >= 4 is 0 Å². The maximum Gasteiger partial charge on any atom is 0.159 e. The number of halogens is 2. The van der Waals surface area contributed by atoms with Gasteiger partial charge in [0.2, 0.25) is 0 Å². The number of aliphatic hydroxyl groups excluding tert-OH is 1. The molecule has 0 saturated heterocycles. The van der Waals surface area contributed by atoms with Gasteiger partial charge in [-0.3, -0.25) is 4.90 Å². The average molecular weight is 427 g/mol. The van der Waals surface area contributed by atoms with Crippen LogP contribution in [-0.2, 0) is 25.9 Å². The molecule has 5 nitrogen and oxygen atoms in total. The third-order valence-electron chi connectivity index (χ3n) is 6.02. The molecule has 0 radical (unpaired) electrons. The first-order chi connectivity index (χ1) is 14.9. The van der Waals surface area contributed by atoms with Crippen LogP contribution < -0.4 is 5.73 Å². The van der Waals surface area contributed by atoms with Crippen LogP contribution in [0.5, 0.6) is 0 Å². The monoisotopic (exact) mass is 426 g/mol. The molecule has 4 rings (SSSR count). The number of aryl methyl sites for hydroxylation is 1. The third-order valence-corrected chi connectivity index (χ3v) is 6.02. The predicted octanol–water partition coefficient (Wildman–Crippen LogP) is 3.18. The zero-order valence-electron chi connectivity index (χ0n) is 17.6. The number of rotatable bonds is 7. The highest BCUT2D eigenvalue weighted by molar-refractivity contribution is 5.19. The van der Waals surface area contributed by atoms with Crippen molar-refractivity contribution in [2.75, 3.05) is 0 Å². The Morgan fingerprint density at radius 2 is 1.90 bits per heavy atom. The van der Waals surface area contributed by atoms with Gasteiger partial charge in [0.05, 0.1) is 6.54 Å². The topological polar surface area (TPSA) is 67.3 Å². The molecule has 164 valence electrons. The molecule has 31 heavy (non-hydrogen) atoms. The Kier molecular flexibility index (Phi) is 6.46. The summed E-state index contributed by atoms with van der Waals surface area (Å²) in [6, 6.07) is 13.7. The minimum atomic E-state index is -0.883. The fourth-order valence-electron chi connectivity index (χ4n) is 4.37. The van der Waals surface area contributed by atoms with E-state index in [1.165, 1.54) is 17.7 Å². The quantitative estimate of drug-likeness (QED) is 0.609. The van der Waals surface area contributed by atoms with Crippen LogP contribution in [0.4, 0.5) is 8.78 Å². The molecule has 3 N–H and O–H groups in total. The SMILES string of the molecule is Cc1cnc2n1CC(Cc1ccccc1)N(C(O)C[C@H](N)Cc1ccc(F)c(F)c1)C2. The summed E-state index contributed by atoms with van der Waals surface area (Å²) in [4.78, 5) is 6.55. The Balaban J connectivity index is 1.48. The Labute approximate surface area is 181 Å². The molecule has 1 aliphatic heterocycles. The molecule has 2 heterocycles. The van der Waals surface area contributed by atoms with Crippen LogP contribution in [0.15, 0.2) is 54.7 Å². The summed E-state index contributed by atoms with van der Waals surface area (Å²) in [7, 11) is 0. The fourth-order valence-corrected chi connectivity index (χ4v) is 4.37. The molecule has 3 atom stereocenters. The molecule has 0 aliphatic carbocycles. The van der Waals surface area contributed by atoms with E-state index in [-0.39, 0.29) is 12.1 Å². The number of benzene rings is 2. The van der Waals surface area contributed by atoms with Gasteiger partial charge in [0.25, 0.3) is 0 Å². The largest absolute Gasteiger partial charge is 0.378 e. The van der Waals surface area contributed by atoms with E-state index in [2.05, 4.69) is 26.6 Å².